The quantitative estimate of drug-likeness (QED) is 0.692. The number of hydrogen-bond donors (Lipinski definition) is 4. The van der Waals surface area contributed by atoms with E-state index >= 15 is 0 Å². The van der Waals surface area contributed by atoms with Crippen molar-refractivity contribution in [2.24, 2.45) is 5.41 Å². The maximum absolute atomic E-state index is 12.6. The van der Waals surface area contributed by atoms with Crippen molar-refractivity contribution in [1.82, 2.24) is 10.3 Å². The Hall–Kier alpha value is -2.34. The zero-order valence-electron chi connectivity index (χ0n) is 14.2. The minimum atomic E-state index is -1.47. The van der Waals surface area contributed by atoms with Gasteiger partial charge in [0.25, 0.3) is 5.91 Å². The Labute approximate surface area is 139 Å². The van der Waals surface area contributed by atoms with Gasteiger partial charge in [0, 0.05) is 22.7 Å². The SMILES string of the molecule is Cc1cc(C)c2[nH]c(C(=O)NC3(C(=O)O)CC(O)C3(C)C)cc2c1. The molecular formula is C18H22N2O4. The minimum Gasteiger partial charge on any atom is -0.479 e. The molecule has 1 fully saturated rings. The van der Waals surface area contributed by atoms with E-state index < -0.39 is 28.9 Å². The molecule has 2 atom stereocenters. The van der Waals surface area contributed by atoms with Gasteiger partial charge in [0.2, 0.25) is 0 Å². The molecule has 24 heavy (non-hydrogen) atoms. The molecule has 6 heteroatoms. The van der Waals surface area contributed by atoms with Crippen LogP contribution in [0.25, 0.3) is 10.9 Å². The van der Waals surface area contributed by atoms with E-state index in [9.17, 15) is 19.8 Å². The van der Waals surface area contributed by atoms with Crippen LogP contribution in [-0.2, 0) is 4.79 Å². The summed E-state index contributed by atoms with van der Waals surface area (Å²) in [5, 5.41) is 23.1. The summed E-state index contributed by atoms with van der Waals surface area (Å²) in [6.45, 7) is 7.23. The van der Waals surface area contributed by atoms with Gasteiger partial charge in [-0.15, -0.1) is 0 Å². The first kappa shape index (κ1) is 16.5. The number of aryl methyl sites for hydroxylation is 2. The van der Waals surface area contributed by atoms with Gasteiger partial charge in [-0.3, -0.25) is 4.79 Å². The number of H-pyrrole nitrogens is 1. The number of carbonyl (C=O) groups excluding carboxylic acids is 1. The largest absolute Gasteiger partial charge is 0.479 e. The summed E-state index contributed by atoms with van der Waals surface area (Å²) >= 11 is 0. The maximum Gasteiger partial charge on any atom is 0.330 e. The normalized spacial score (nSPS) is 25.3. The lowest BCUT2D eigenvalue weighted by atomic mass is 9.54. The molecule has 128 valence electrons. The highest BCUT2D eigenvalue weighted by molar-refractivity contribution is 6.01. The van der Waals surface area contributed by atoms with E-state index in [1.54, 1.807) is 19.9 Å². The lowest BCUT2D eigenvalue weighted by Crippen LogP contribution is -2.75. The molecule has 3 rings (SSSR count). The van der Waals surface area contributed by atoms with E-state index in [1.807, 2.05) is 26.0 Å². The number of carboxylic acids is 1. The molecule has 1 aliphatic carbocycles. The van der Waals surface area contributed by atoms with Gasteiger partial charge >= 0.3 is 5.97 Å². The predicted molar refractivity (Wildman–Crippen MR) is 90.0 cm³/mol. The van der Waals surface area contributed by atoms with Crippen molar-refractivity contribution < 1.29 is 19.8 Å². The first-order valence-corrected chi connectivity index (χ1v) is 7.92. The zero-order chi connectivity index (χ0) is 17.9. The van der Waals surface area contributed by atoms with Crippen LogP contribution < -0.4 is 5.32 Å². The maximum atomic E-state index is 12.6. The third-order valence-corrected chi connectivity index (χ3v) is 5.44. The predicted octanol–water partition coefficient (Wildman–Crippen LogP) is 2.13. The molecule has 0 spiro atoms. The average molecular weight is 330 g/mol. The van der Waals surface area contributed by atoms with Gasteiger partial charge < -0.3 is 20.5 Å². The van der Waals surface area contributed by atoms with Crippen molar-refractivity contribution in [3.63, 3.8) is 0 Å². The average Bonchev–Trinajstić information content (AvgIpc) is 2.90. The third-order valence-electron chi connectivity index (χ3n) is 5.44. The zero-order valence-corrected chi connectivity index (χ0v) is 14.2. The third kappa shape index (κ3) is 2.13. The number of carboxylic acid groups (broad SMARTS) is 1. The minimum absolute atomic E-state index is 0.000558. The van der Waals surface area contributed by atoms with E-state index in [0.717, 1.165) is 22.0 Å². The molecule has 4 N–H and O–H groups in total. The Bertz CT molecular complexity index is 852. The number of benzene rings is 1. The summed E-state index contributed by atoms with van der Waals surface area (Å²) in [6.07, 6.45) is -0.763. The number of aromatic nitrogens is 1. The van der Waals surface area contributed by atoms with Crippen molar-refractivity contribution in [3.05, 3.63) is 35.0 Å². The molecule has 1 heterocycles. The van der Waals surface area contributed by atoms with Crippen LogP contribution >= 0.6 is 0 Å². The second kappa shape index (κ2) is 5.08. The van der Waals surface area contributed by atoms with E-state index in [-0.39, 0.29) is 6.42 Å². The van der Waals surface area contributed by atoms with Crippen LogP contribution in [0.2, 0.25) is 0 Å². The Morgan fingerprint density at radius 3 is 2.46 bits per heavy atom. The fourth-order valence-corrected chi connectivity index (χ4v) is 3.58. The summed E-state index contributed by atoms with van der Waals surface area (Å²) in [4.78, 5) is 27.5. The number of aliphatic hydroxyl groups is 1. The summed E-state index contributed by atoms with van der Waals surface area (Å²) < 4.78 is 0. The lowest BCUT2D eigenvalue weighted by Gasteiger charge is -2.56. The summed E-state index contributed by atoms with van der Waals surface area (Å²) in [7, 11) is 0. The number of nitrogens with one attached hydrogen (secondary N) is 2. The molecule has 1 aliphatic rings. The van der Waals surface area contributed by atoms with Crippen LogP contribution in [0.15, 0.2) is 18.2 Å². The molecule has 2 unspecified atom stereocenters. The summed E-state index contributed by atoms with van der Waals surface area (Å²) in [5.74, 6) is -1.61. The smallest absolute Gasteiger partial charge is 0.330 e. The van der Waals surface area contributed by atoms with Crippen LogP contribution in [-0.4, -0.2) is 38.7 Å². The van der Waals surface area contributed by atoms with Gasteiger partial charge in [-0.2, -0.15) is 0 Å². The Kier molecular flexibility index (Phi) is 3.49. The van der Waals surface area contributed by atoms with Crippen LogP contribution in [0.4, 0.5) is 0 Å². The molecule has 2 aromatic rings. The van der Waals surface area contributed by atoms with E-state index in [1.165, 1.54) is 0 Å². The van der Waals surface area contributed by atoms with Crippen molar-refractivity contribution in [3.8, 4) is 0 Å². The van der Waals surface area contributed by atoms with Crippen LogP contribution in [0.3, 0.4) is 0 Å². The van der Waals surface area contributed by atoms with Crippen molar-refractivity contribution in [2.45, 2.75) is 45.8 Å². The van der Waals surface area contributed by atoms with Crippen LogP contribution in [0.1, 0.15) is 41.9 Å². The standard InChI is InChI=1S/C18H22N2O4/c1-9-5-10(2)14-11(6-9)7-12(19-14)15(22)20-18(16(23)24)8-13(21)17(18,3)4/h5-7,13,19,21H,8H2,1-4H3,(H,20,22)(H,23,24). The lowest BCUT2D eigenvalue weighted by molar-refractivity contribution is -0.180. The topological polar surface area (TPSA) is 102 Å². The number of carbonyl (C=O) groups is 2. The molecule has 1 aromatic heterocycles. The summed E-state index contributed by atoms with van der Waals surface area (Å²) in [6, 6.07) is 5.71. The van der Waals surface area contributed by atoms with Gasteiger partial charge in [-0.05, 0) is 31.5 Å². The van der Waals surface area contributed by atoms with Crippen molar-refractivity contribution >= 4 is 22.8 Å². The Morgan fingerprint density at radius 1 is 1.25 bits per heavy atom. The monoisotopic (exact) mass is 330 g/mol. The highest BCUT2D eigenvalue weighted by Crippen LogP contribution is 2.50. The van der Waals surface area contributed by atoms with Gasteiger partial charge in [0.05, 0.1) is 6.10 Å². The molecular weight excluding hydrogens is 308 g/mol. The molecule has 0 bridgehead atoms. The molecule has 1 amide bonds. The fraction of sp³-hybridized carbons (Fsp3) is 0.444. The Morgan fingerprint density at radius 2 is 1.92 bits per heavy atom. The van der Waals surface area contributed by atoms with Crippen LogP contribution in [0.5, 0.6) is 0 Å². The molecule has 0 radical (unpaired) electrons. The van der Waals surface area contributed by atoms with Crippen molar-refractivity contribution in [1.29, 1.82) is 0 Å². The Balaban J connectivity index is 1.95. The number of aromatic amines is 1. The second-order valence-corrected chi connectivity index (χ2v) is 7.34. The number of aliphatic hydroxyl groups excluding tert-OH is 1. The second-order valence-electron chi connectivity index (χ2n) is 7.34. The molecule has 0 aliphatic heterocycles. The summed E-state index contributed by atoms with van der Waals surface area (Å²) in [5.41, 5.74) is 0.894. The van der Waals surface area contributed by atoms with E-state index in [0.29, 0.717) is 5.69 Å². The van der Waals surface area contributed by atoms with Crippen molar-refractivity contribution in [2.75, 3.05) is 0 Å². The number of hydrogen-bond acceptors (Lipinski definition) is 3. The van der Waals surface area contributed by atoms with Gasteiger partial charge in [0.15, 0.2) is 0 Å². The highest BCUT2D eigenvalue weighted by atomic mass is 16.4. The molecule has 1 saturated carbocycles. The number of fused-ring (bicyclic) bond motifs is 1. The van der Waals surface area contributed by atoms with Gasteiger partial charge in [-0.25, -0.2) is 4.79 Å². The first-order valence-electron chi connectivity index (χ1n) is 7.92. The van der Waals surface area contributed by atoms with Gasteiger partial charge in [-0.1, -0.05) is 25.5 Å². The molecule has 1 aromatic carbocycles. The highest BCUT2D eigenvalue weighted by Gasteiger charge is 2.65. The van der Waals surface area contributed by atoms with E-state index in [2.05, 4.69) is 10.3 Å². The van der Waals surface area contributed by atoms with Crippen LogP contribution in [0, 0.1) is 19.3 Å². The molecule has 0 saturated heterocycles. The van der Waals surface area contributed by atoms with E-state index in [4.69, 9.17) is 0 Å². The number of rotatable bonds is 3. The number of amides is 1. The molecule has 6 nitrogen and oxygen atoms in total. The number of aliphatic carboxylic acids is 1. The first-order chi connectivity index (χ1) is 11.1. The fourth-order valence-electron chi connectivity index (χ4n) is 3.58. The van der Waals surface area contributed by atoms with Gasteiger partial charge in [0.1, 0.15) is 11.2 Å².